The van der Waals surface area contributed by atoms with Crippen LogP contribution in [0.1, 0.15) is 57.5 Å². The molecule has 0 aliphatic heterocycles. The first-order valence-electron chi connectivity index (χ1n) is 6.92. The molecule has 1 aromatic heterocycles. The van der Waals surface area contributed by atoms with E-state index in [1.54, 1.807) is 0 Å². The van der Waals surface area contributed by atoms with Crippen LogP contribution < -0.4 is 5.32 Å². The standard InChI is InChI=1S/C14H22BrN3/c1-4-7-16-14-12(15)13(10-5-6-10)17-11(18-14)8-9(2)3/h9-10H,4-8H2,1-3H3,(H,16,17,18). The van der Waals surface area contributed by atoms with Crippen molar-refractivity contribution in [2.45, 2.75) is 52.4 Å². The number of nitrogens with one attached hydrogen (secondary N) is 1. The summed E-state index contributed by atoms with van der Waals surface area (Å²) >= 11 is 3.66. The summed E-state index contributed by atoms with van der Waals surface area (Å²) in [5, 5.41) is 3.40. The van der Waals surface area contributed by atoms with Crippen LogP contribution >= 0.6 is 15.9 Å². The van der Waals surface area contributed by atoms with Gasteiger partial charge in [-0.2, -0.15) is 0 Å². The topological polar surface area (TPSA) is 37.8 Å². The maximum Gasteiger partial charge on any atom is 0.144 e. The van der Waals surface area contributed by atoms with Gasteiger partial charge in [0.15, 0.2) is 0 Å². The van der Waals surface area contributed by atoms with Gasteiger partial charge in [-0.25, -0.2) is 9.97 Å². The number of halogens is 1. The fourth-order valence-corrected chi connectivity index (χ4v) is 2.60. The van der Waals surface area contributed by atoms with Crippen LogP contribution in [-0.2, 0) is 6.42 Å². The summed E-state index contributed by atoms with van der Waals surface area (Å²) in [6.07, 6.45) is 4.59. The molecule has 1 aliphatic rings. The van der Waals surface area contributed by atoms with Crippen LogP contribution in [0.3, 0.4) is 0 Å². The third-order valence-corrected chi connectivity index (χ3v) is 3.80. The quantitative estimate of drug-likeness (QED) is 0.858. The van der Waals surface area contributed by atoms with E-state index in [0.29, 0.717) is 11.8 Å². The lowest BCUT2D eigenvalue weighted by molar-refractivity contribution is 0.617. The van der Waals surface area contributed by atoms with Crippen molar-refractivity contribution in [3.8, 4) is 0 Å². The first kappa shape index (κ1) is 13.8. The lowest BCUT2D eigenvalue weighted by Crippen LogP contribution is -2.10. The predicted molar refractivity (Wildman–Crippen MR) is 79.0 cm³/mol. The summed E-state index contributed by atoms with van der Waals surface area (Å²) in [5.74, 6) is 3.20. The van der Waals surface area contributed by atoms with E-state index in [4.69, 9.17) is 4.98 Å². The fraction of sp³-hybridized carbons (Fsp3) is 0.714. The number of hydrogen-bond donors (Lipinski definition) is 1. The Morgan fingerprint density at radius 3 is 2.61 bits per heavy atom. The van der Waals surface area contributed by atoms with Crippen LogP contribution in [0, 0.1) is 5.92 Å². The molecule has 1 saturated carbocycles. The van der Waals surface area contributed by atoms with Gasteiger partial charge in [-0.05, 0) is 41.1 Å². The van der Waals surface area contributed by atoms with Gasteiger partial charge in [-0.3, -0.25) is 0 Å². The van der Waals surface area contributed by atoms with Gasteiger partial charge in [0.05, 0.1) is 10.2 Å². The highest BCUT2D eigenvalue weighted by molar-refractivity contribution is 9.10. The molecule has 1 heterocycles. The molecule has 1 aliphatic carbocycles. The smallest absolute Gasteiger partial charge is 0.144 e. The number of aromatic nitrogens is 2. The molecule has 1 fully saturated rings. The van der Waals surface area contributed by atoms with Crippen LogP contribution in [0.15, 0.2) is 4.47 Å². The Morgan fingerprint density at radius 1 is 1.33 bits per heavy atom. The van der Waals surface area contributed by atoms with Crippen molar-refractivity contribution in [3.05, 3.63) is 16.0 Å². The summed E-state index contributed by atoms with van der Waals surface area (Å²) in [6, 6.07) is 0. The molecule has 0 atom stereocenters. The first-order valence-corrected chi connectivity index (χ1v) is 7.71. The molecule has 3 nitrogen and oxygen atoms in total. The van der Waals surface area contributed by atoms with Gasteiger partial charge in [0.2, 0.25) is 0 Å². The van der Waals surface area contributed by atoms with Crippen molar-refractivity contribution in [1.82, 2.24) is 9.97 Å². The molecule has 1 N–H and O–H groups in total. The van der Waals surface area contributed by atoms with Gasteiger partial charge in [-0.15, -0.1) is 0 Å². The fourth-order valence-electron chi connectivity index (χ4n) is 1.96. The van der Waals surface area contributed by atoms with E-state index in [-0.39, 0.29) is 0 Å². The van der Waals surface area contributed by atoms with E-state index in [2.05, 4.69) is 47.0 Å². The zero-order valence-electron chi connectivity index (χ0n) is 11.5. The Bertz CT molecular complexity index is 414. The number of rotatable bonds is 6. The zero-order valence-corrected chi connectivity index (χ0v) is 13.0. The molecule has 0 aromatic carbocycles. The first-order chi connectivity index (χ1) is 8.61. The highest BCUT2D eigenvalue weighted by Crippen LogP contribution is 2.43. The molecular weight excluding hydrogens is 290 g/mol. The summed E-state index contributed by atoms with van der Waals surface area (Å²) in [6.45, 7) is 7.54. The van der Waals surface area contributed by atoms with E-state index in [9.17, 15) is 0 Å². The maximum atomic E-state index is 4.75. The molecule has 0 amide bonds. The minimum absolute atomic E-state index is 0.595. The second-order valence-electron chi connectivity index (χ2n) is 5.49. The Morgan fingerprint density at radius 2 is 2.06 bits per heavy atom. The summed E-state index contributed by atoms with van der Waals surface area (Å²) < 4.78 is 1.07. The summed E-state index contributed by atoms with van der Waals surface area (Å²) in [7, 11) is 0. The molecule has 4 heteroatoms. The van der Waals surface area contributed by atoms with Crippen molar-refractivity contribution in [2.24, 2.45) is 5.92 Å². The third kappa shape index (κ3) is 3.44. The van der Waals surface area contributed by atoms with Crippen LogP contribution in [0.2, 0.25) is 0 Å². The summed E-state index contributed by atoms with van der Waals surface area (Å²) in [4.78, 5) is 9.40. The minimum Gasteiger partial charge on any atom is -0.369 e. The number of anilines is 1. The van der Waals surface area contributed by atoms with Crippen molar-refractivity contribution < 1.29 is 0 Å². The van der Waals surface area contributed by atoms with Crippen LogP contribution in [0.4, 0.5) is 5.82 Å². The Kier molecular flexibility index (Phi) is 4.60. The second-order valence-corrected chi connectivity index (χ2v) is 6.28. The second kappa shape index (κ2) is 6.00. The van der Waals surface area contributed by atoms with Crippen molar-refractivity contribution >= 4 is 21.7 Å². The average molecular weight is 312 g/mol. The normalized spacial score (nSPS) is 15.2. The van der Waals surface area contributed by atoms with E-state index in [1.165, 1.54) is 18.5 Å². The van der Waals surface area contributed by atoms with E-state index < -0.39 is 0 Å². The van der Waals surface area contributed by atoms with Gasteiger partial charge in [0, 0.05) is 18.9 Å². The highest BCUT2D eigenvalue weighted by atomic mass is 79.9. The molecule has 0 bridgehead atoms. The summed E-state index contributed by atoms with van der Waals surface area (Å²) in [5.41, 5.74) is 1.21. The predicted octanol–water partition coefficient (Wildman–Crippen LogP) is 4.14. The molecule has 0 radical (unpaired) electrons. The minimum atomic E-state index is 0.595. The molecular formula is C14H22BrN3. The molecule has 0 unspecified atom stereocenters. The molecule has 18 heavy (non-hydrogen) atoms. The Labute approximate surface area is 118 Å². The van der Waals surface area contributed by atoms with E-state index >= 15 is 0 Å². The number of nitrogens with zero attached hydrogens (tertiary/aromatic N) is 2. The van der Waals surface area contributed by atoms with Crippen molar-refractivity contribution in [2.75, 3.05) is 11.9 Å². The monoisotopic (exact) mass is 311 g/mol. The SMILES string of the molecule is CCCNc1nc(CC(C)C)nc(C2CC2)c1Br. The zero-order chi connectivity index (χ0) is 13.1. The molecule has 2 rings (SSSR count). The average Bonchev–Trinajstić information content (AvgIpc) is 3.12. The lowest BCUT2D eigenvalue weighted by atomic mass is 10.1. The van der Waals surface area contributed by atoms with Gasteiger partial charge < -0.3 is 5.32 Å². The molecule has 100 valence electrons. The van der Waals surface area contributed by atoms with Crippen LogP contribution in [0.25, 0.3) is 0 Å². The Balaban J connectivity index is 2.27. The molecule has 0 saturated heterocycles. The molecule has 0 spiro atoms. The van der Waals surface area contributed by atoms with Gasteiger partial charge in [0.25, 0.3) is 0 Å². The van der Waals surface area contributed by atoms with Gasteiger partial charge in [-0.1, -0.05) is 20.8 Å². The maximum absolute atomic E-state index is 4.75. The van der Waals surface area contributed by atoms with E-state index in [0.717, 1.165) is 35.5 Å². The highest BCUT2D eigenvalue weighted by Gasteiger charge is 2.29. The molecule has 1 aromatic rings. The van der Waals surface area contributed by atoms with Gasteiger partial charge >= 0.3 is 0 Å². The largest absolute Gasteiger partial charge is 0.369 e. The van der Waals surface area contributed by atoms with Crippen molar-refractivity contribution in [1.29, 1.82) is 0 Å². The lowest BCUT2D eigenvalue weighted by Gasteiger charge is -2.13. The Hall–Kier alpha value is -0.640. The third-order valence-electron chi connectivity index (χ3n) is 3.02. The van der Waals surface area contributed by atoms with Gasteiger partial charge in [0.1, 0.15) is 11.6 Å². The van der Waals surface area contributed by atoms with Crippen LogP contribution in [-0.4, -0.2) is 16.5 Å². The van der Waals surface area contributed by atoms with E-state index in [1.807, 2.05) is 0 Å². The van der Waals surface area contributed by atoms with Crippen LogP contribution in [0.5, 0.6) is 0 Å². The van der Waals surface area contributed by atoms with Crippen molar-refractivity contribution in [3.63, 3.8) is 0 Å². The number of hydrogen-bond acceptors (Lipinski definition) is 3.